The van der Waals surface area contributed by atoms with Crippen LogP contribution in [0.3, 0.4) is 0 Å². The maximum absolute atomic E-state index is 11.3. The molecular weight excluding hydrogens is 192 g/mol. The number of carbonyl (C=O) groups is 1. The lowest BCUT2D eigenvalue weighted by Gasteiger charge is -2.32. The second kappa shape index (κ2) is 6.08. The van der Waals surface area contributed by atoms with Crippen molar-refractivity contribution in [2.24, 2.45) is 5.92 Å². The summed E-state index contributed by atoms with van der Waals surface area (Å²) < 4.78 is 0. The summed E-state index contributed by atoms with van der Waals surface area (Å²) in [5, 5.41) is 15.2. The molecule has 0 radical (unpaired) electrons. The maximum atomic E-state index is 11.3. The summed E-state index contributed by atoms with van der Waals surface area (Å²) in [5.74, 6) is 0.322. The number of carbonyl (C=O) groups excluding carboxylic acids is 1. The lowest BCUT2D eigenvalue weighted by Crippen LogP contribution is -2.50. The first-order valence-corrected chi connectivity index (χ1v) is 5.77. The van der Waals surface area contributed by atoms with E-state index in [-0.39, 0.29) is 24.6 Å². The van der Waals surface area contributed by atoms with E-state index in [0.29, 0.717) is 5.92 Å². The highest BCUT2D eigenvalue weighted by atomic mass is 16.3. The number of likely N-dealkylation sites (N-methyl/N-ethyl adjacent to an activating group) is 1. The topological polar surface area (TPSA) is 61.4 Å². The molecule has 15 heavy (non-hydrogen) atoms. The minimum absolute atomic E-state index is 0.0114. The number of aliphatic hydroxyl groups is 1. The van der Waals surface area contributed by atoms with Gasteiger partial charge in [0.1, 0.15) is 0 Å². The van der Waals surface area contributed by atoms with Crippen molar-refractivity contribution in [3.63, 3.8) is 0 Å². The van der Waals surface area contributed by atoms with Gasteiger partial charge in [-0.05, 0) is 25.7 Å². The first-order chi connectivity index (χ1) is 7.19. The lowest BCUT2D eigenvalue weighted by atomic mass is 9.84. The van der Waals surface area contributed by atoms with Gasteiger partial charge in [0.2, 0.25) is 5.91 Å². The molecule has 4 heteroatoms. The molecule has 1 amide bonds. The van der Waals surface area contributed by atoms with E-state index >= 15 is 0 Å². The highest BCUT2D eigenvalue weighted by molar-refractivity contribution is 5.80. The zero-order valence-corrected chi connectivity index (χ0v) is 9.62. The molecule has 0 spiro atoms. The Morgan fingerprint density at radius 3 is 2.73 bits per heavy atom. The molecule has 1 fully saturated rings. The highest BCUT2D eigenvalue weighted by Crippen LogP contribution is 2.24. The molecule has 3 atom stereocenters. The van der Waals surface area contributed by atoms with Crippen molar-refractivity contribution in [3.8, 4) is 0 Å². The van der Waals surface area contributed by atoms with E-state index in [1.807, 2.05) is 6.92 Å². The van der Waals surface area contributed by atoms with Crippen molar-refractivity contribution in [1.82, 2.24) is 10.6 Å². The van der Waals surface area contributed by atoms with E-state index in [9.17, 15) is 9.90 Å². The van der Waals surface area contributed by atoms with Gasteiger partial charge < -0.3 is 15.7 Å². The second-order valence-corrected chi connectivity index (χ2v) is 4.34. The van der Waals surface area contributed by atoms with E-state index in [2.05, 4.69) is 10.6 Å². The van der Waals surface area contributed by atoms with E-state index < -0.39 is 0 Å². The SMILES string of the molecule is CNC(=O)C(C)NC1CCCCC1CO. The molecule has 0 heterocycles. The average Bonchev–Trinajstić information content (AvgIpc) is 2.28. The molecule has 1 saturated carbocycles. The Morgan fingerprint density at radius 1 is 1.47 bits per heavy atom. The lowest BCUT2D eigenvalue weighted by molar-refractivity contribution is -0.122. The van der Waals surface area contributed by atoms with Crippen LogP contribution in [0.5, 0.6) is 0 Å². The molecule has 0 aliphatic heterocycles. The summed E-state index contributed by atoms with van der Waals surface area (Å²) in [6, 6.07) is 0.114. The minimum Gasteiger partial charge on any atom is -0.396 e. The number of hydrogen-bond acceptors (Lipinski definition) is 3. The summed E-state index contributed by atoms with van der Waals surface area (Å²) >= 11 is 0. The molecule has 0 aromatic rings. The minimum atomic E-state index is -0.174. The molecule has 0 saturated heterocycles. The number of amides is 1. The van der Waals surface area contributed by atoms with Crippen LogP contribution in [0, 0.1) is 5.92 Å². The molecule has 3 unspecified atom stereocenters. The van der Waals surface area contributed by atoms with Crippen molar-refractivity contribution in [3.05, 3.63) is 0 Å². The summed E-state index contributed by atoms with van der Waals surface area (Å²) in [4.78, 5) is 11.3. The monoisotopic (exact) mass is 214 g/mol. The van der Waals surface area contributed by atoms with Gasteiger partial charge in [0.15, 0.2) is 0 Å². The smallest absolute Gasteiger partial charge is 0.236 e. The maximum Gasteiger partial charge on any atom is 0.236 e. The van der Waals surface area contributed by atoms with Crippen molar-refractivity contribution in [2.45, 2.75) is 44.7 Å². The largest absolute Gasteiger partial charge is 0.396 e. The van der Waals surface area contributed by atoms with Gasteiger partial charge in [-0.1, -0.05) is 12.8 Å². The van der Waals surface area contributed by atoms with Gasteiger partial charge in [-0.25, -0.2) is 0 Å². The quantitative estimate of drug-likeness (QED) is 0.629. The van der Waals surface area contributed by atoms with Crippen molar-refractivity contribution in [1.29, 1.82) is 0 Å². The van der Waals surface area contributed by atoms with Crippen LogP contribution < -0.4 is 10.6 Å². The normalized spacial score (nSPS) is 28.5. The third-order valence-electron chi connectivity index (χ3n) is 3.25. The Hall–Kier alpha value is -0.610. The van der Waals surface area contributed by atoms with Crippen molar-refractivity contribution in [2.75, 3.05) is 13.7 Å². The van der Waals surface area contributed by atoms with E-state index in [4.69, 9.17) is 0 Å². The zero-order chi connectivity index (χ0) is 11.3. The van der Waals surface area contributed by atoms with Crippen LogP contribution in [0.4, 0.5) is 0 Å². The number of aliphatic hydroxyl groups excluding tert-OH is 1. The number of rotatable bonds is 4. The Bertz CT molecular complexity index is 209. The van der Waals surface area contributed by atoms with Crippen LogP contribution in [-0.2, 0) is 4.79 Å². The standard InChI is InChI=1S/C11H22N2O2/c1-8(11(15)12-2)13-10-6-4-3-5-9(10)7-14/h8-10,13-14H,3-7H2,1-2H3,(H,12,15). The van der Waals surface area contributed by atoms with Crippen molar-refractivity contribution < 1.29 is 9.90 Å². The van der Waals surface area contributed by atoms with Crippen molar-refractivity contribution >= 4 is 5.91 Å². The average molecular weight is 214 g/mol. The third kappa shape index (κ3) is 3.47. The van der Waals surface area contributed by atoms with Crippen LogP contribution >= 0.6 is 0 Å². The predicted octanol–water partition coefficient (Wildman–Crippen LogP) is 0.262. The van der Waals surface area contributed by atoms with Gasteiger partial charge >= 0.3 is 0 Å². The number of nitrogens with one attached hydrogen (secondary N) is 2. The van der Waals surface area contributed by atoms with E-state index in [1.54, 1.807) is 7.05 Å². The molecule has 0 aromatic heterocycles. The zero-order valence-electron chi connectivity index (χ0n) is 9.62. The predicted molar refractivity (Wildman–Crippen MR) is 59.5 cm³/mol. The van der Waals surface area contributed by atoms with Gasteiger partial charge in [0.05, 0.1) is 6.04 Å². The van der Waals surface area contributed by atoms with Gasteiger partial charge in [0, 0.05) is 19.7 Å². The summed E-state index contributed by atoms with van der Waals surface area (Å²) in [6.07, 6.45) is 4.51. The van der Waals surface area contributed by atoms with Crippen LogP contribution in [-0.4, -0.2) is 36.8 Å². The fourth-order valence-corrected chi connectivity index (χ4v) is 2.26. The fourth-order valence-electron chi connectivity index (χ4n) is 2.26. The molecule has 4 nitrogen and oxygen atoms in total. The van der Waals surface area contributed by atoms with Gasteiger partial charge in [-0.2, -0.15) is 0 Å². The highest BCUT2D eigenvalue weighted by Gasteiger charge is 2.26. The molecule has 1 rings (SSSR count). The van der Waals surface area contributed by atoms with Crippen LogP contribution in [0.25, 0.3) is 0 Å². The Labute approximate surface area is 91.4 Å². The molecule has 88 valence electrons. The summed E-state index contributed by atoms with van der Waals surface area (Å²) in [6.45, 7) is 2.08. The van der Waals surface area contributed by atoms with Gasteiger partial charge in [0.25, 0.3) is 0 Å². The Morgan fingerprint density at radius 2 is 2.13 bits per heavy atom. The summed E-state index contributed by atoms with van der Waals surface area (Å²) in [5.41, 5.74) is 0. The molecule has 0 aromatic carbocycles. The first kappa shape index (κ1) is 12.5. The van der Waals surface area contributed by atoms with Gasteiger partial charge in [-0.15, -0.1) is 0 Å². The van der Waals surface area contributed by atoms with Crippen LogP contribution in [0.2, 0.25) is 0 Å². The molecule has 3 N–H and O–H groups in total. The number of hydrogen-bond donors (Lipinski definition) is 3. The third-order valence-corrected chi connectivity index (χ3v) is 3.25. The molecule has 1 aliphatic carbocycles. The second-order valence-electron chi connectivity index (χ2n) is 4.34. The van der Waals surface area contributed by atoms with Crippen LogP contribution in [0.1, 0.15) is 32.6 Å². The first-order valence-electron chi connectivity index (χ1n) is 5.77. The molecule has 0 bridgehead atoms. The fraction of sp³-hybridized carbons (Fsp3) is 0.909. The Kier molecular flexibility index (Phi) is 5.05. The van der Waals surface area contributed by atoms with Gasteiger partial charge in [-0.3, -0.25) is 4.79 Å². The van der Waals surface area contributed by atoms with E-state index in [0.717, 1.165) is 12.8 Å². The van der Waals surface area contributed by atoms with E-state index in [1.165, 1.54) is 12.8 Å². The summed E-state index contributed by atoms with van der Waals surface area (Å²) in [7, 11) is 1.64. The van der Waals surface area contributed by atoms with Crippen LogP contribution in [0.15, 0.2) is 0 Å². The molecule has 1 aliphatic rings. The molecular formula is C11H22N2O2. The Balaban J connectivity index is 2.43.